The third-order valence-electron chi connectivity index (χ3n) is 6.36. The Hall–Kier alpha value is -5.70. The molecule has 0 aliphatic carbocycles. The standard InChI is InChI=1S/C27H21N7O7S/c1-12-7-14(5-6-16(12)25(39)40)11-29-23(37)17-9-18(34-26(32-17)33-41-27(34)42)24(38)30-10-13-3-2-4-15(8-13)31-20-19(28)21(35)22(20)36/h2-9,31H,10-11,28H2,1H3,(H,29,37)(H,30,38)(H,39,40). The molecule has 15 heteroatoms. The van der Waals surface area contributed by atoms with Gasteiger partial charge in [0, 0.05) is 18.8 Å². The lowest BCUT2D eigenvalue weighted by atomic mass is 10.1. The molecule has 0 saturated heterocycles. The molecule has 212 valence electrons. The van der Waals surface area contributed by atoms with Crippen molar-refractivity contribution in [3.8, 4) is 0 Å². The number of carboxylic acids is 1. The molecule has 0 fully saturated rings. The van der Waals surface area contributed by atoms with Gasteiger partial charge in [-0.05, 0) is 65.3 Å². The number of nitrogen functional groups attached to an aromatic ring is 1. The third kappa shape index (κ3) is 5.35. The summed E-state index contributed by atoms with van der Waals surface area (Å²) < 4.78 is 6.18. The van der Waals surface area contributed by atoms with Gasteiger partial charge in [-0.1, -0.05) is 24.3 Å². The van der Waals surface area contributed by atoms with Gasteiger partial charge in [0.25, 0.3) is 28.4 Å². The Labute approximate surface area is 240 Å². The SMILES string of the molecule is Cc1cc(CNC(=O)c2cc(C(=O)NCc3cccc(Nc4c(N)c(=O)c4=O)c3)n3c(=S)onc3n2)ccc1C(=O)O. The molecule has 2 heterocycles. The Kier molecular flexibility index (Phi) is 7.33. The fraction of sp³-hybridized carbons (Fsp3) is 0.111. The molecule has 5 aromatic rings. The first-order chi connectivity index (χ1) is 20.0. The van der Waals surface area contributed by atoms with Crippen molar-refractivity contribution >= 4 is 52.8 Å². The second-order valence-electron chi connectivity index (χ2n) is 9.20. The second-order valence-corrected chi connectivity index (χ2v) is 9.55. The van der Waals surface area contributed by atoms with Crippen molar-refractivity contribution in [1.29, 1.82) is 0 Å². The highest BCUT2D eigenvalue weighted by Crippen LogP contribution is 2.19. The van der Waals surface area contributed by atoms with Crippen LogP contribution in [0.2, 0.25) is 0 Å². The molecule has 0 bridgehead atoms. The van der Waals surface area contributed by atoms with E-state index < -0.39 is 28.6 Å². The summed E-state index contributed by atoms with van der Waals surface area (Å²) in [6.45, 7) is 1.78. The zero-order valence-corrected chi connectivity index (χ0v) is 22.6. The van der Waals surface area contributed by atoms with Gasteiger partial charge in [-0.3, -0.25) is 19.2 Å². The molecule has 42 heavy (non-hydrogen) atoms. The van der Waals surface area contributed by atoms with Gasteiger partial charge < -0.3 is 31.3 Å². The van der Waals surface area contributed by atoms with E-state index in [1.165, 1.54) is 16.5 Å². The Balaban J connectivity index is 1.32. The maximum atomic E-state index is 13.2. The van der Waals surface area contributed by atoms with E-state index in [0.717, 1.165) is 0 Å². The number of aryl methyl sites for hydroxylation is 1. The molecule has 2 amide bonds. The highest BCUT2D eigenvalue weighted by atomic mass is 32.1. The molecule has 0 radical (unpaired) electrons. The fourth-order valence-electron chi connectivity index (χ4n) is 4.20. The Morgan fingerprint density at radius 1 is 1.00 bits per heavy atom. The molecule has 0 aliphatic rings. The van der Waals surface area contributed by atoms with Gasteiger partial charge in [0.1, 0.15) is 22.8 Å². The van der Waals surface area contributed by atoms with Gasteiger partial charge in [0.2, 0.25) is 0 Å². The quantitative estimate of drug-likeness (QED) is 0.123. The van der Waals surface area contributed by atoms with Crippen molar-refractivity contribution in [1.82, 2.24) is 25.2 Å². The Morgan fingerprint density at radius 2 is 1.71 bits per heavy atom. The monoisotopic (exact) mass is 587 g/mol. The van der Waals surface area contributed by atoms with E-state index >= 15 is 0 Å². The molecule has 0 saturated carbocycles. The molecule has 5 rings (SSSR count). The first-order valence-electron chi connectivity index (χ1n) is 12.3. The third-order valence-corrected chi connectivity index (χ3v) is 6.62. The van der Waals surface area contributed by atoms with E-state index in [-0.39, 0.29) is 52.0 Å². The minimum Gasteiger partial charge on any atom is -0.478 e. The average Bonchev–Trinajstić information content (AvgIpc) is 3.36. The summed E-state index contributed by atoms with van der Waals surface area (Å²) in [7, 11) is 0. The number of hydrogen-bond acceptors (Lipinski definition) is 11. The summed E-state index contributed by atoms with van der Waals surface area (Å²) >= 11 is 5.14. The van der Waals surface area contributed by atoms with Gasteiger partial charge in [0.05, 0.1) is 5.56 Å². The number of hydrogen-bond donors (Lipinski definition) is 5. The van der Waals surface area contributed by atoms with E-state index in [0.29, 0.717) is 22.4 Å². The fourth-order valence-corrected chi connectivity index (χ4v) is 4.41. The van der Waals surface area contributed by atoms with E-state index in [2.05, 4.69) is 26.1 Å². The first kappa shape index (κ1) is 27.9. The number of aromatic nitrogens is 3. The molecular weight excluding hydrogens is 566 g/mol. The summed E-state index contributed by atoms with van der Waals surface area (Å²) in [5.74, 6) is -2.37. The van der Waals surface area contributed by atoms with Crippen LogP contribution in [0.1, 0.15) is 48.0 Å². The van der Waals surface area contributed by atoms with Gasteiger partial charge in [-0.2, -0.15) is 0 Å². The molecule has 3 aromatic carbocycles. The zero-order chi connectivity index (χ0) is 30.1. The van der Waals surface area contributed by atoms with E-state index in [1.54, 1.807) is 43.3 Å². The Morgan fingerprint density at radius 3 is 2.40 bits per heavy atom. The molecule has 0 aliphatic heterocycles. The summed E-state index contributed by atoms with van der Waals surface area (Å²) in [6, 6.07) is 12.7. The molecule has 2 aromatic heterocycles. The van der Waals surface area contributed by atoms with Crippen LogP contribution < -0.4 is 32.5 Å². The molecular formula is C27H21N7O7S. The lowest BCUT2D eigenvalue weighted by Crippen LogP contribution is -2.36. The predicted octanol–water partition coefficient (Wildman–Crippen LogP) is 1.84. The maximum absolute atomic E-state index is 13.2. The van der Waals surface area contributed by atoms with Crippen LogP contribution in [0, 0.1) is 11.8 Å². The van der Waals surface area contributed by atoms with Crippen LogP contribution in [0.4, 0.5) is 17.1 Å². The van der Waals surface area contributed by atoms with Gasteiger partial charge in [-0.25, -0.2) is 14.2 Å². The number of fused-ring (bicyclic) bond motifs is 1. The topological polar surface area (TPSA) is 211 Å². The molecule has 14 nitrogen and oxygen atoms in total. The molecule has 6 N–H and O–H groups in total. The summed E-state index contributed by atoms with van der Waals surface area (Å²) in [4.78, 5) is 64.5. The van der Waals surface area contributed by atoms with E-state index in [1.807, 2.05) is 0 Å². The van der Waals surface area contributed by atoms with Crippen LogP contribution in [0.5, 0.6) is 0 Å². The van der Waals surface area contributed by atoms with Crippen molar-refractivity contribution in [3.63, 3.8) is 0 Å². The summed E-state index contributed by atoms with van der Waals surface area (Å²) in [5, 5.41) is 21.2. The minimum atomic E-state index is -1.05. The number of benzene rings is 2. The first-order valence-corrected chi connectivity index (χ1v) is 12.7. The Bertz CT molecular complexity index is 2040. The van der Waals surface area contributed by atoms with Gasteiger partial charge in [-0.15, -0.1) is 0 Å². The molecule has 0 unspecified atom stereocenters. The maximum Gasteiger partial charge on any atom is 0.335 e. The molecule has 0 spiro atoms. The van der Waals surface area contributed by atoms with Crippen LogP contribution >= 0.6 is 12.2 Å². The number of carbonyl (C=O) groups is 3. The number of carbonyl (C=O) groups excluding carboxylic acids is 2. The largest absolute Gasteiger partial charge is 0.478 e. The minimum absolute atomic E-state index is 0.0143. The predicted molar refractivity (Wildman–Crippen MR) is 152 cm³/mol. The van der Waals surface area contributed by atoms with Gasteiger partial charge in [0.15, 0.2) is 0 Å². The van der Waals surface area contributed by atoms with Crippen LogP contribution in [-0.4, -0.2) is 37.4 Å². The van der Waals surface area contributed by atoms with Crippen LogP contribution in [0.25, 0.3) is 5.78 Å². The lowest BCUT2D eigenvalue weighted by Gasteiger charge is -2.12. The number of anilines is 3. The van der Waals surface area contributed by atoms with E-state index in [4.69, 9.17) is 22.5 Å². The van der Waals surface area contributed by atoms with Crippen molar-refractivity contribution in [2.45, 2.75) is 20.0 Å². The van der Waals surface area contributed by atoms with E-state index in [9.17, 15) is 29.1 Å². The summed E-state index contributed by atoms with van der Waals surface area (Å²) in [5.41, 5.74) is 6.31. The second kappa shape index (κ2) is 11.1. The van der Waals surface area contributed by atoms with Crippen LogP contribution in [0.3, 0.4) is 0 Å². The summed E-state index contributed by atoms with van der Waals surface area (Å²) in [6.07, 6.45) is 0. The number of amides is 2. The van der Waals surface area contributed by atoms with Crippen LogP contribution in [0.15, 0.2) is 62.6 Å². The number of carboxylic acid groups (broad SMARTS) is 1. The van der Waals surface area contributed by atoms with Crippen molar-refractivity contribution in [2.75, 3.05) is 11.1 Å². The smallest absolute Gasteiger partial charge is 0.335 e. The number of rotatable bonds is 9. The normalized spacial score (nSPS) is 11.0. The number of nitrogens with two attached hydrogens (primary N) is 1. The average molecular weight is 588 g/mol. The lowest BCUT2D eigenvalue weighted by molar-refractivity contribution is 0.0695. The highest BCUT2D eigenvalue weighted by Gasteiger charge is 2.21. The van der Waals surface area contributed by atoms with Crippen molar-refractivity contribution in [2.24, 2.45) is 0 Å². The molecule has 0 atom stereocenters. The van der Waals surface area contributed by atoms with Crippen molar-refractivity contribution in [3.05, 3.63) is 107 Å². The number of aromatic carboxylic acids is 1. The van der Waals surface area contributed by atoms with Gasteiger partial charge >= 0.3 is 10.8 Å². The van der Waals surface area contributed by atoms with Crippen LogP contribution in [-0.2, 0) is 13.1 Å². The number of nitrogens with one attached hydrogen (secondary N) is 3. The highest BCUT2D eigenvalue weighted by molar-refractivity contribution is 7.71. The van der Waals surface area contributed by atoms with Crippen molar-refractivity contribution < 1.29 is 24.0 Å². The zero-order valence-electron chi connectivity index (χ0n) is 21.8. The number of nitrogens with zero attached hydrogens (tertiary/aromatic N) is 3.